The molecule has 0 spiro atoms. The van der Waals surface area contributed by atoms with E-state index in [2.05, 4.69) is 43.4 Å². The number of fused-ring (bicyclic) bond motifs is 2. The van der Waals surface area contributed by atoms with Gasteiger partial charge in [0.1, 0.15) is 0 Å². The van der Waals surface area contributed by atoms with Crippen molar-refractivity contribution in [3.8, 4) is 0 Å². The van der Waals surface area contributed by atoms with Crippen molar-refractivity contribution in [2.75, 3.05) is 0 Å². The highest BCUT2D eigenvalue weighted by atomic mass is 14.7. The topological polar surface area (TPSA) is 15.8 Å². The minimum Gasteiger partial charge on any atom is -0.355 e. The van der Waals surface area contributed by atoms with Crippen LogP contribution in [0, 0.1) is 0 Å². The molecule has 1 heteroatoms. The van der Waals surface area contributed by atoms with E-state index >= 15 is 0 Å². The van der Waals surface area contributed by atoms with Crippen LogP contribution in [0.2, 0.25) is 0 Å². The van der Waals surface area contributed by atoms with E-state index in [0.29, 0.717) is 0 Å². The molecule has 1 aliphatic rings. The predicted molar refractivity (Wildman–Crippen MR) is 89.5 cm³/mol. The van der Waals surface area contributed by atoms with Gasteiger partial charge < -0.3 is 4.98 Å². The molecule has 0 fully saturated rings. The molecular weight excluding hydrogens is 242 g/mol. The Morgan fingerprint density at radius 1 is 0.950 bits per heavy atom. The molecule has 1 heterocycles. The molecule has 1 aliphatic carbocycles. The van der Waals surface area contributed by atoms with Crippen LogP contribution in [-0.4, -0.2) is 4.98 Å². The average molecular weight is 259 g/mol. The highest BCUT2D eigenvalue weighted by molar-refractivity contribution is 5.98. The number of allylic oxidation sites excluding steroid dienone is 4. The number of hydrogen-bond donors (Lipinski definition) is 1. The Balaban J connectivity index is 2.34. The molecule has 98 valence electrons. The van der Waals surface area contributed by atoms with Gasteiger partial charge in [0.25, 0.3) is 0 Å². The monoisotopic (exact) mass is 259 g/mol. The molecule has 0 atom stereocenters. The molecule has 0 amide bonds. The Hall–Kier alpha value is -2.54. The number of benzene rings is 1. The van der Waals surface area contributed by atoms with Gasteiger partial charge in [0.2, 0.25) is 0 Å². The highest BCUT2D eigenvalue weighted by Gasteiger charge is 2.20. The van der Waals surface area contributed by atoms with Crippen LogP contribution >= 0.6 is 0 Å². The third-order valence-electron chi connectivity index (χ3n) is 3.97. The van der Waals surface area contributed by atoms with Gasteiger partial charge in [0.15, 0.2) is 0 Å². The SMILES string of the molecule is C=CC1=C(C=C)c2cc3c(C=C)c(C=C)[nH]c3cc2C1. The van der Waals surface area contributed by atoms with Crippen LogP contribution in [-0.2, 0) is 6.42 Å². The maximum atomic E-state index is 3.93. The van der Waals surface area contributed by atoms with Crippen molar-refractivity contribution in [1.82, 2.24) is 4.98 Å². The molecule has 1 aromatic carbocycles. The quantitative estimate of drug-likeness (QED) is 0.783. The van der Waals surface area contributed by atoms with E-state index in [1.807, 2.05) is 24.3 Å². The fourth-order valence-electron chi connectivity index (χ4n) is 3.00. The fourth-order valence-corrected chi connectivity index (χ4v) is 3.00. The summed E-state index contributed by atoms with van der Waals surface area (Å²) in [7, 11) is 0. The fraction of sp³-hybridized carbons (Fsp3) is 0.0526. The van der Waals surface area contributed by atoms with Crippen LogP contribution in [0.3, 0.4) is 0 Å². The number of aromatic amines is 1. The minimum absolute atomic E-state index is 0.919. The van der Waals surface area contributed by atoms with E-state index in [9.17, 15) is 0 Å². The van der Waals surface area contributed by atoms with Crippen LogP contribution in [0.1, 0.15) is 22.4 Å². The number of aromatic nitrogens is 1. The van der Waals surface area contributed by atoms with Crippen LogP contribution in [0.4, 0.5) is 0 Å². The van der Waals surface area contributed by atoms with Crippen molar-refractivity contribution in [1.29, 1.82) is 0 Å². The van der Waals surface area contributed by atoms with Crippen molar-refractivity contribution in [3.63, 3.8) is 0 Å². The van der Waals surface area contributed by atoms with E-state index in [0.717, 1.165) is 23.2 Å². The van der Waals surface area contributed by atoms with E-state index < -0.39 is 0 Å². The third-order valence-corrected chi connectivity index (χ3v) is 3.97. The second kappa shape index (κ2) is 4.53. The van der Waals surface area contributed by atoms with Crippen molar-refractivity contribution in [2.24, 2.45) is 0 Å². The maximum absolute atomic E-state index is 3.93. The summed E-state index contributed by atoms with van der Waals surface area (Å²) in [6, 6.07) is 4.43. The molecule has 0 aliphatic heterocycles. The molecule has 1 nitrogen and oxygen atoms in total. The normalized spacial score (nSPS) is 13.4. The van der Waals surface area contributed by atoms with Gasteiger partial charge in [-0.2, -0.15) is 0 Å². The summed E-state index contributed by atoms with van der Waals surface area (Å²) in [5.74, 6) is 0. The van der Waals surface area contributed by atoms with E-state index in [1.165, 1.54) is 27.7 Å². The summed E-state index contributed by atoms with van der Waals surface area (Å²) in [6.45, 7) is 15.6. The predicted octanol–water partition coefficient (Wildman–Crippen LogP) is 5.14. The standard InChI is InChI=1S/C19H17N/c1-5-12-9-13-10-19-17(11-16(13)14(12)6-2)15(7-3)18(8-4)20-19/h5-8,10-11,20H,1-4,9H2. The zero-order valence-corrected chi connectivity index (χ0v) is 11.5. The van der Waals surface area contributed by atoms with Gasteiger partial charge in [-0.15, -0.1) is 0 Å². The molecule has 0 saturated carbocycles. The van der Waals surface area contributed by atoms with Crippen LogP contribution < -0.4 is 0 Å². The molecule has 0 bridgehead atoms. The Labute approximate surface area is 119 Å². The average Bonchev–Trinajstić information content (AvgIpc) is 3.00. The summed E-state index contributed by atoms with van der Waals surface area (Å²) in [6.07, 6.45) is 8.48. The van der Waals surface area contributed by atoms with E-state index in [4.69, 9.17) is 0 Å². The minimum atomic E-state index is 0.919. The molecule has 1 N–H and O–H groups in total. The lowest BCUT2D eigenvalue weighted by molar-refractivity contribution is 1.25. The lowest BCUT2D eigenvalue weighted by Gasteiger charge is -2.03. The summed E-state index contributed by atoms with van der Waals surface area (Å²) in [5, 5.41) is 1.18. The Morgan fingerprint density at radius 3 is 2.35 bits per heavy atom. The maximum Gasteiger partial charge on any atom is 0.0468 e. The van der Waals surface area contributed by atoms with Crippen LogP contribution in [0.15, 0.2) is 56.2 Å². The Morgan fingerprint density at radius 2 is 1.75 bits per heavy atom. The molecule has 3 rings (SSSR count). The number of hydrogen-bond acceptors (Lipinski definition) is 0. The summed E-state index contributed by atoms with van der Waals surface area (Å²) in [5.41, 5.74) is 8.25. The molecule has 0 unspecified atom stereocenters. The molecule has 2 aromatic rings. The van der Waals surface area contributed by atoms with Crippen molar-refractivity contribution in [2.45, 2.75) is 6.42 Å². The zero-order valence-electron chi connectivity index (χ0n) is 11.5. The smallest absolute Gasteiger partial charge is 0.0468 e. The van der Waals surface area contributed by atoms with Gasteiger partial charge in [-0.1, -0.05) is 44.5 Å². The van der Waals surface area contributed by atoms with Gasteiger partial charge in [-0.3, -0.25) is 0 Å². The largest absolute Gasteiger partial charge is 0.355 e. The van der Waals surface area contributed by atoms with Gasteiger partial charge in [-0.05, 0) is 46.9 Å². The Bertz CT molecular complexity index is 797. The molecule has 0 saturated heterocycles. The van der Waals surface area contributed by atoms with Crippen LogP contribution in [0.25, 0.3) is 28.6 Å². The third kappa shape index (κ3) is 1.56. The zero-order chi connectivity index (χ0) is 14.3. The number of H-pyrrole nitrogens is 1. The molecular formula is C19H17N. The second-order valence-electron chi connectivity index (χ2n) is 4.94. The summed E-state index contributed by atoms with van der Waals surface area (Å²) >= 11 is 0. The summed E-state index contributed by atoms with van der Waals surface area (Å²) in [4.78, 5) is 3.40. The molecule has 20 heavy (non-hydrogen) atoms. The second-order valence-corrected chi connectivity index (χ2v) is 4.94. The van der Waals surface area contributed by atoms with Gasteiger partial charge in [0, 0.05) is 22.2 Å². The molecule has 1 aromatic heterocycles. The lowest BCUT2D eigenvalue weighted by atomic mass is 10.0. The first-order valence-electron chi connectivity index (χ1n) is 6.65. The van der Waals surface area contributed by atoms with Gasteiger partial charge >= 0.3 is 0 Å². The number of rotatable bonds is 4. The summed E-state index contributed by atoms with van der Waals surface area (Å²) < 4.78 is 0. The highest BCUT2D eigenvalue weighted by Crippen LogP contribution is 2.38. The van der Waals surface area contributed by atoms with Gasteiger partial charge in [0.05, 0.1) is 0 Å². The first-order chi connectivity index (χ1) is 9.73. The van der Waals surface area contributed by atoms with Crippen molar-refractivity contribution < 1.29 is 0 Å². The Kier molecular flexibility index (Phi) is 2.83. The van der Waals surface area contributed by atoms with Crippen molar-refractivity contribution >= 4 is 28.6 Å². The lowest BCUT2D eigenvalue weighted by Crippen LogP contribution is -1.84. The number of nitrogens with one attached hydrogen (secondary N) is 1. The van der Waals surface area contributed by atoms with Gasteiger partial charge in [-0.25, -0.2) is 0 Å². The first-order valence-corrected chi connectivity index (χ1v) is 6.65. The van der Waals surface area contributed by atoms with Crippen molar-refractivity contribution in [3.05, 3.63) is 78.6 Å². The first kappa shape index (κ1) is 12.5. The van der Waals surface area contributed by atoms with Crippen LogP contribution in [0.5, 0.6) is 0 Å². The molecule has 0 radical (unpaired) electrons. The van der Waals surface area contributed by atoms with E-state index in [-0.39, 0.29) is 0 Å². The van der Waals surface area contributed by atoms with E-state index in [1.54, 1.807) is 0 Å².